The van der Waals surface area contributed by atoms with Gasteiger partial charge in [-0.15, -0.1) is 0 Å². The maximum absolute atomic E-state index is 10.2. The number of benzene rings is 5. The summed E-state index contributed by atoms with van der Waals surface area (Å²) in [5.74, 6) is 0.113. The van der Waals surface area contributed by atoms with Crippen molar-refractivity contribution in [3.05, 3.63) is 168 Å². The van der Waals surface area contributed by atoms with Gasteiger partial charge in [-0.05, 0) is 65.1 Å². The van der Waals surface area contributed by atoms with E-state index < -0.39 is 0 Å². The Morgan fingerprint density at radius 3 is 2.25 bits per heavy atom. The Morgan fingerprint density at radius 1 is 0.667 bits per heavy atom. The number of hydrogen-bond donors (Lipinski definition) is 0. The molecule has 6 aromatic rings. The Hall–Kier alpha value is -6.36. The van der Waals surface area contributed by atoms with Crippen LogP contribution in [0.25, 0.3) is 44.9 Å². The van der Waals surface area contributed by atoms with Crippen molar-refractivity contribution in [2.45, 2.75) is 24.3 Å². The Morgan fingerprint density at radius 2 is 1.40 bits per heavy atom. The summed E-state index contributed by atoms with van der Waals surface area (Å²) < 4.78 is 2.16. The van der Waals surface area contributed by atoms with Gasteiger partial charge in [-0.3, -0.25) is 0 Å². The van der Waals surface area contributed by atoms with Crippen molar-refractivity contribution in [3.63, 3.8) is 0 Å². The van der Waals surface area contributed by atoms with Gasteiger partial charge in [-0.2, -0.15) is 10.5 Å². The summed E-state index contributed by atoms with van der Waals surface area (Å²) in [4.78, 5) is 2.49. The first-order valence-corrected chi connectivity index (χ1v) is 16.4. The molecule has 0 fully saturated rings. The third kappa shape index (κ3) is 4.20. The number of nitriles is 2. The molecule has 0 saturated carbocycles. The molecule has 2 aliphatic carbocycles. The summed E-state index contributed by atoms with van der Waals surface area (Å²) >= 11 is 0. The molecule has 2 heterocycles. The first-order chi connectivity index (χ1) is 23.7. The molecule has 48 heavy (non-hydrogen) atoms. The average molecular weight is 615 g/mol. The van der Waals surface area contributed by atoms with Gasteiger partial charge >= 0.3 is 0 Å². The Labute approximate surface area is 280 Å². The van der Waals surface area contributed by atoms with E-state index in [0.29, 0.717) is 17.9 Å². The molecule has 3 aliphatic rings. The van der Waals surface area contributed by atoms with E-state index >= 15 is 0 Å². The molecule has 226 valence electrons. The predicted octanol–water partition coefficient (Wildman–Crippen LogP) is 10.6. The number of allylic oxidation sites excluding steroid dienone is 3. The lowest BCUT2D eigenvalue weighted by molar-refractivity contribution is 0.745. The number of para-hydroxylation sites is 3. The summed E-state index contributed by atoms with van der Waals surface area (Å²) in [6.07, 6.45) is 13.8. The SMILES string of the molecule is N#Cc1ccc(-c2ccc(-c3ccccc3N3c4ccccc4C4C=CC=CC43)cc2)cc1-n1c2c(c3ccccc31)C(C#N)CC=C2. The standard InChI is InChI=1S/C44H30N4/c45-27-32-25-24-31(26-43(32)48-41-18-8-4-14-37(41)44-33(28-46)10-9-19-42(44)48)29-20-22-30(23-21-29)34-11-1-5-15-38(34)47-39-16-6-2-12-35(39)36-13-3-7-17-40(36)47/h1-9,11-26,33,35,39H,10H2. The first-order valence-electron chi connectivity index (χ1n) is 16.4. The minimum absolute atomic E-state index is 0.217. The number of fused-ring (bicyclic) bond motifs is 6. The van der Waals surface area contributed by atoms with Gasteiger partial charge in [0, 0.05) is 33.8 Å². The zero-order valence-electron chi connectivity index (χ0n) is 26.2. The van der Waals surface area contributed by atoms with Crippen molar-refractivity contribution < 1.29 is 0 Å². The Kier molecular flexibility index (Phi) is 6.49. The normalized spacial score (nSPS) is 18.6. The van der Waals surface area contributed by atoms with Gasteiger partial charge in [0.05, 0.1) is 40.5 Å². The fraction of sp³-hybridized carbons (Fsp3) is 0.0909. The van der Waals surface area contributed by atoms with Gasteiger partial charge in [0.15, 0.2) is 0 Å². The zero-order chi connectivity index (χ0) is 32.2. The highest BCUT2D eigenvalue weighted by molar-refractivity contribution is 5.93. The molecule has 0 amide bonds. The van der Waals surface area contributed by atoms with Gasteiger partial charge in [0.25, 0.3) is 0 Å². The molecule has 0 bridgehead atoms. The van der Waals surface area contributed by atoms with Crippen molar-refractivity contribution in [2.75, 3.05) is 4.90 Å². The molecule has 1 aliphatic heterocycles. The van der Waals surface area contributed by atoms with Crippen molar-refractivity contribution in [3.8, 4) is 40.1 Å². The van der Waals surface area contributed by atoms with Crippen LogP contribution in [-0.2, 0) is 0 Å². The molecule has 3 unspecified atom stereocenters. The molecular formula is C44H30N4. The van der Waals surface area contributed by atoms with Gasteiger partial charge in [-0.25, -0.2) is 0 Å². The van der Waals surface area contributed by atoms with Crippen LogP contribution in [0.1, 0.15) is 40.6 Å². The van der Waals surface area contributed by atoms with E-state index in [9.17, 15) is 10.5 Å². The van der Waals surface area contributed by atoms with Crippen molar-refractivity contribution >= 4 is 28.4 Å². The minimum Gasteiger partial charge on any atom is -0.333 e. The lowest BCUT2D eigenvalue weighted by atomic mass is 9.90. The van der Waals surface area contributed by atoms with Crippen LogP contribution < -0.4 is 4.90 Å². The van der Waals surface area contributed by atoms with Gasteiger partial charge in [0.1, 0.15) is 6.07 Å². The second-order valence-electron chi connectivity index (χ2n) is 12.6. The van der Waals surface area contributed by atoms with E-state index in [2.05, 4.69) is 149 Å². The molecule has 0 saturated heterocycles. The van der Waals surface area contributed by atoms with Crippen LogP contribution >= 0.6 is 0 Å². The summed E-state index contributed by atoms with van der Waals surface area (Å²) in [5.41, 5.74) is 12.7. The molecule has 5 aromatic carbocycles. The summed E-state index contributed by atoms with van der Waals surface area (Å²) in [6, 6.07) is 45.6. The molecular weight excluding hydrogens is 585 g/mol. The van der Waals surface area contributed by atoms with Crippen LogP contribution in [0.2, 0.25) is 0 Å². The number of aromatic nitrogens is 1. The monoisotopic (exact) mass is 614 g/mol. The first kappa shape index (κ1) is 27.9. The maximum atomic E-state index is 10.2. The summed E-state index contributed by atoms with van der Waals surface area (Å²) in [7, 11) is 0. The average Bonchev–Trinajstić information content (AvgIpc) is 3.68. The molecule has 3 atom stereocenters. The third-order valence-corrected chi connectivity index (χ3v) is 10.1. The Balaban J connectivity index is 1.13. The Bertz CT molecular complexity index is 2430. The fourth-order valence-electron chi connectivity index (χ4n) is 7.96. The number of anilines is 2. The highest BCUT2D eigenvalue weighted by Crippen LogP contribution is 2.50. The van der Waals surface area contributed by atoms with Crippen LogP contribution in [0.4, 0.5) is 11.4 Å². The summed E-state index contributed by atoms with van der Waals surface area (Å²) in [5, 5.41) is 21.3. The van der Waals surface area contributed by atoms with Crippen LogP contribution in [-0.4, -0.2) is 10.6 Å². The van der Waals surface area contributed by atoms with Crippen molar-refractivity contribution in [2.24, 2.45) is 0 Å². The van der Waals surface area contributed by atoms with E-state index in [0.717, 1.165) is 44.5 Å². The zero-order valence-corrected chi connectivity index (χ0v) is 26.2. The lowest BCUT2D eigenvalue weighted by Gasteiger charge is -2.30. The number of hydrogen-bond acceptors (Lipinski definition) is 3. The van der Waals surface area contributed by atoms with E-state index in [-0.39, 0.29) is 12.0 Å². The third-order valence-electron chi connectivity index (χ3n) is 10.1. The topological polar surface area (TPSA) is 55.8 Å². The predicted molar refractivity (Wildman–Crippen MR) is 194 cm³/mol. The molecule has 0 spiro atoms. The van der Waals surface area contributed by atoms with Crippen LogP contribution in [0.5, 0.6) is 0 Å². The van der Waals surface area contributed by atoms with Crippen LogP contribution in [0.3, 0.4) is 0 Å². The molecule has 4 heteroatoms. The van der Waals surface area contributed by atoms with E-state index in [1.54, 1.807) is 0 Å². The van der Waals surface area contributed by atoms with Crippen LogP contribution in [0.15, 0.2) is 146 Å². The van der Waals surface area contributed by atoms with E-state index in [4.69, 9.17) is 0 Å². The maximum Gasteiger partial charge on any atom is 0.101 e. The van der Waals surface area contributed by atoms with E-state index in [1.807, 2.05) is 24.3 Å². The molecule has 0 N–H and O–H groups in total. The highest BCUT2D eigenvalue weighted by atomic mass is 15.2. The van der Waals surface area contributed by atoms with Gasteiger partial charge in [0.2, 0.25) is 0 Å². The van der Waals surface area contributed by atoms with Gasteiger partial charge in [-0.1, -0.05) is 115 Å². The molecule has 1 aromatic heterocycles. The highest BCUT2D eigenvalue weighted by Gasteiger charge is 2.37. The smallest absolute Gasteiger partial charge is 0.101 e. The fourth-order valence-corrected chi connectivity index (χ4v) is 7.96. The molecule has 0 radical (unpaired) electrons. The second kappa shape index (κ2) is 11.2. The minimum atomic E-state index is -0.217. The largest absolute Gasteiger partial charge is 0.333 e. The van der Waals surface area contributed by atoms with E-state index in [1.165, 1.54) is 22.5 Å². The summed E-state index contributed by atoms with van der Waals surface area (Å²) in [6.45, 7) is 0. The number of nitrogens with zero attached hydrogens (tertiary/aromatic N) is 4. The quantitative estimate of drug-likeness (QED) is 0.198. The molecule has 4 nitrogen and oxygen atoms in total. The lowest BCUT2D eigenvalue weighted by Crippen LogP contribution is -2.28. The van der Waals surface area contributed by atoms with Crippen LogP contribution in [0, 0.1) is 22.7 Å². The molecule has 9 rings (SSSR count). The second-order valence-corrected chi connectivity index (χ2v) is 12.6. The number of rotatable bonds is 4. The van der Waals surface area contributed by atoms with Crippen molar-refractivity contribution in [1.29, 1.82) is 10.5 Å². The van der Waals surface area contributed by atoms with Gasteiger partial charge < -0.3 is 9.47 Å². The van der Waals surface area contributed by atoms with Crippen molar-refractivity contribution in [1.82, 2.24) is 4.57 Å².